The Bertz CT molecular complexity index is 1030. The summed E-state index contributed by atoms with van der Waals surface area (Å²) >= 11 is 0. The van der Waals surface area contributed by atoms with Crippen LogP contribution in [-0.2, 0) is 9.59 Å². The quantitative estimate of drug-likeness (QED) is 0.466. The van der Waals surface area contributed by atoms with Crippen LogP contribution in [0.3, 0.4) is 0 Å². The molecular weight excluding hydrogens is 449 g/mol. The fraction of sp³-hybridized carbons (Fsp3) is 0.375. The summed E-state index contributed by atoms with van der Waals surface area (Å²) in [5.41, 5.74) is 0.0881. The minimum absolute atomic E-state index is 0.114. The average molecular weight is 476 g/mol. The van der Waals surface area contributed by atoms with Gasteiger partial charge >= 0.3 is 0 Å². The van der Waals surface area contributed by atoms with Crippen molar-refractivity contribution >= 4 is 23.2 Å². The molecule has 0 bridgehead atoms. The normalized spacial score (nSPS) is 10.6. The minimum atomic E-state index is -1.68. The van der Waals surface area contributed by atoms with Gasteiger partial charge in [-0.1, -0.05) is 6.92 Å². The molecule has 2 aromatic carbocycles. The van der Waals surface area contributed by atoms with Crippen LogP contribution < -0.4 is 15.0 Å². The average Bonchev–Trinajstić information content (AvgIpc) is 2.81. The number of rotatable bonds is 12. The number of nitrogens with zero attached hydrogens (tertiary/aromatic N) is 3. The van der Waals surface area contributed by atoms with Crippen LogP contribution in [-0.4, -0.2) is 49.5 Å². The molecule has 2 rings (SSSR count). The molecule has 0 aliphatic rings. The van der Waals surface area contributed by atoms with Gasteiger partial charge in [-0.25, -0.2) is 13.2 Å². The molecule has 0 saturated carbocycles. The van der Waals surface area contributed by atoms with E-state index in [0.717, 1.165) is 6.07 Å². The molecule has 0 radical (unpaired) electrons. The van der Waals surface area contributed by atoms with Crippen molar-refractivity contribution in [3.05, 3.63) is 53.8 Å². The molecular formula is C24H27F3N4O3. The SMILES string of the molecule is CCCN(CC(=O)Nc1ccc(F)c(F)c1F)CC(=O)N(CCC#N)c1ccc(OCC)cc1. The van der Waals surface area contributed by atoms with Crippen molar-refractivity contribution in [2.24, 2.45) is 0 Å². The van der Waals surface area contributed by atoms with Crippen molar-refractivity contribution in [1.82, 2.24) is 4.90 Å². The summed E-state index contributed by atoms with van der Waals surface area (Å²) in [6, 6.07) is 10.5. The maximum atomic E-state index is 13.9. The van der Waals surface area contributed by atoms with Crippen LogP contribution in [0.5, 0.6) is 5.75 Å². The molecule has 0 aromatic heterocycles. The number of hydrogen-bond acceptors (Lipinski definition) is 5. The molecule has 0 saturated heterocycles. The number of anilines is 2. The zero-order chi connectivity index (χ0) is 25.1. The zero-order valence-corrected chi connectivity index (χ0v) is 19.1. The van der Waals surface area contributed by atoms with Crippen LogP contribution in [0.2, 0.25) is 0 Å². The molecule has 2 aromatic rings. The molecule has 0 atom stereocenters. The van der Waals surface area contributed by atoms with E-state index in [0.29, 0.717) is 37.1 Å². The Morgan fingerprint density at radius 2 is 1.71 bits per heavy atom. The van der Waals surface area contributed by atoms with Gasteiger partial charge in [-0.15, -0.1) is 0 Å². The van der Waals surface area contributed by atoms with Crippen LogP contribution in [0.25, 0.3) is 0 Å². The standard InChI is InChI=1S/C24H27F3N4O3/c1-3-13-30(15-21(32)29-20-11-10-19(25)23(26)24(20)27)16-22(33)31(14-5-12-28)17-6-8-18(9-7-17)34-4-2/h6-11H,3-5,13-16H2,1-2H3,(H,29,32). The second kappa shape index (κ2) is 13.2. The number of ether oxygens (including phenoxy) is 1. The van der Waals surface area contributed by atoms with Gasteiger partial charge in [0.05, 0.1) is 37.9 Å². The van der Waals surface area contributed by atoms with Gasteiger partial charge in [0.15, 0.2) is 17.5 Å². The van der Waals surface area contributed by atoms with E-state index in [-0.39, 0.29) is 32.0 Å². The predicted molar refractivity (Wildman–Crippen MR) is 122 cm³/mol. The van der Waals surface area contributed by atoms with Gasteiger partial charge in [0.1, 0.15) is 5.75 Å². The van der Waals surface area contributed by atoms with Gasteiger partial charge in [0.25, 0.3) is 0 Å². The first-order valence-electron chi connectivity index (χ1n) is 10.9. The van der Waals surface area contributed by atoms with Crippen LogP contribution >= 0.6 is 0 Å². The molecule has 0 heterocycles. The number of carbonyl (C=O) groups excluding carboxylic acids is 2. The minimum Gasteiger partial charge on any atom is -0.494 e. The summed E-state index contributed by atoms with van der Waals surface area (Å²) in [5, 5.41) is 11.2. The third kappa shape index (κ3) is 7.49. The fourth-order valence-electron chi connectivity index (χ4n) is 3.27. The molecule has 0 fully saturated rings. The first-order valence-corrected chi connectivity index (χ1v) is 10.9. The van der Waals surface area contributed by atoms with E-state index in [4.69, 9.17) is 10.00 Å². The summed E-state index contributed by atoms with van der Waals surface area (Å²) in [5.74, 6) is -4.91. The Morgan fingerprint density at radius 1 is 1.00 bits per heavy atom. The number of halogens is 3. The highest BCUT2D eigenvalue weighted by atomic mass is 19.2. The molecule has 2 amide bonds. The number of benzene rings is 2. The maximum Gasteiger partial charge on any atom is 0.241 e. The van der Waals surface area contributed by atoms with Gasteiger partial charge in [0.2, 0.25) is 11.8 Å². The van der Waals surface area contributed by atoms with Gasteiger partial charge in [0, 0.05) is 12.2 Å². The summed E-state index contributed by atoms with van der Waals surface area (Å²) in [7, 11) is 0. The van der Waals surface area contributed by atoms with Crippen molar-refractivity contribution in [2.45, 2.75) is 26.7 Å². The molecule has 1 N–H and O–H groups in total. The van der Waals surface area contributed by atoms with Crippen molar-refractivity contribution in [2.75, 3.05) is 43.0 Å². The number of hydrogen-bond donors (Lipinski definition) is 1. The number of nitrogens with one attached hydrogen (secondary N) is 1. The lowest BCUT2D eigenvalue weighted by Gasteiger charge is -2.27. The Kier molecular flexibility index (Phi) is 10.4. The third-order valence-electron chi connectivity index (χ3n) is 4.78. The summed E-state index contributed by atoms with van der Waals surface area (Å²) in [6.45, 7) is 4.36. The first-order chi connectivity index (χ1) is 16.3. The lowest BCUT2D eigenvalue weighted by molar-refractivity contribution is -0.121. The van der Waals surface area contributed by atoms with Crippen LogP contribution in [0.4, 0.5) is 24.5 Å². The van der Waals surface area contributed by atoms with Crippen molar-refractivity contribution < 1.29 is 27.5 Å². The molecule has 0 aliphatic carbocycles. The Morgan fingerprint density at radius 3 is 2.32 bits per heavy atom. The molecule has 7 nitrogen and oxygen atoms in total. The summed E-state index contributed by atoms with van der Waals surface area (Å²) < 4.78 is 45.8. The maximum absolute atomic E-state index is 13.9. The molecule has 0 spiro atoms. The molecule has 182 valence electrons. The fourth-order valence-corrected chi connectivity index (χ4v) is 3.27. The van der Waals surface area contributed by atoms with Gasteiger partial charge in [-0.05, 0) is 56.3 Å². The second-order valence-electron chi connectivity index (χ2n) is 7.36. The molecule has 0 unspecified atom stereocenters. The topological polar surface area (TPSA) is 85.7 Å². The smallest absolute Gasteiger partial charge is 0.241 e. The van der Waals surface area contributed by atoms with Gasteiger partial charge in [-0.2, -0.15) is 5.26 Å². The lowest BCUT2D eigenvalue weighted by Crippen LogP contribution is -2.44. The van der Waals surface area contributed by atoms with Gasteiger partial charge < -0.3 is 15.0 Å². The molecule has 0 aliphatic heterocycles. The highest BCUT2D eigenvalue weighted by Gasteiger charge is 2.22. The lowest BCUT2D eigenvalue weighted by atomic mass is 10.2. The number of carbonyl (C=O) groups is 2. The highest BCUT2D eigenvalue weighted by Crippen LogP contribution is 2.21. The molecule has 10 heteroatoms. The number of amides is 2. The van der Waals surface area contributed by atoms with Crippen LogP contribution in [0.15, 0.2) is 36.4 Å². The molecule has 34 heavy (non-hydrogen) atoms. The van der Waals surface area contributed by atoms with Crippen LogP contribution in [0.1, 0.15) is 26.7 Å². The summed E-state index contributed by atoms with van der Waals surface area (Å²) in [6.07, 6.45) is 0.740. The van der Waals surface area contributed by atoms with E-state index in [1.807, 2.05) is 19.9 Å². The van der Waals surface area contributed by atoms with E-state index in [9.17, 15) is 22.8 Å². The largest absolute Gasteiger partial charge is 0.494 e. The monoisotopic (exact) mass is 476 g/mol. The van der Waals surface area contributed by atoms with E-state index < -0.39 is 29.0 Å². The Labute approximate surface area is 196 Å². The summed E-state index contributed by atoms with van der Waals surface area (Å²) in [4.78, 5) is 28.5. The first kappa shape index (κ1) is 26.7. The third-order valence-corrected chi connectivity index (χ3v) is 4.78. The Balaban J connectivity index is 2.11. The number of nitriles is 1. The van der Waals surface area contributed by atoms with E-state index in [1.54, 1.807) is 29.2 Å². The van der Waals surface area contributed by atoms with E-state index in [1.165, 1.54) is 4.90 Å². The van der Waals surface area contributed by atoms with Crippen molar-refractivity contribution in [1.29, 1.82) is 5.26 Å². The van der Waals surface area contributed by atoms with E-state index in [2.05, 4.69) is 5.32 Å². The van der Waals surface area contributed by atoms with Crippen molar-refractivity contribution in [3.8, 4) is 11.8 Å². The van der Waals surface area contributed by atoms with Gasteiger partial charge in [-0.3, -0.25) is 14.5 Å². The predicted octanol–water partition coefficient (Wildman–Crippen LogP) is 4.10. The zero-order valence-electron chi connectivity index (χ0n) is 19.1. The van der Waals surface area contributed by atoms with Crippen LogP contribution in [0, 0.1) is 28.8 Å². The Hall–Kier alpha value is -3.58. The highest BCUT2D eigenvalue weighted by molar-refractivity contribution is 5.96. The van der Waals surface area contributed by atoms with E-state index >= 15 is 0 Å². The van der Waals surface area contributed by atoms with Crippen molar-refractivity contribution in [3.63, 3.8) is 0 Å². The second-order valence-corrected chi connectivity index (χ2v) is 7.36.